The first-order valence-corrected chi connectivity index (χ1v) is 13.0. The minimum absolute atomic E-state index is 0.408. The topological polar surface area (TPSA) is 12.0 Å². The molecule has 0 aliphatic heterocycles. The molecule has 2 rings (SSSR count). The normalized spacial score (nSPS) is 26.5. The van der Waals surface area contributed by atoms with E-state index in [0.29, 0.717) is 5.41 Å². The molecule has 1 aromatic rings. The van der Waals surface area contributed by atoms with Gasteiger partial charge in [0.15, 0.2) is 0 Å². The van der Waals surface area contributed by atoms with Gasteiger partial charge in [0, 0.05) is 12.2 Å². The van der Waals surface area contributed by atoms with Crippen molar-refractivity contribution in [3.05, 3.63) is 29.8 Å². The van der Waals surface area contributed by atoms with Crippen molar-refractivity contribution in [1.82, 2.24) is 0 Å². The van der Waals surface area contributed by atoms with Crippen LogP contribution >= 0.6 is 0 Å². The van der Waals surface area contributed by atoms with Gasteiger partial charge in [-0.25, -0.2) is 0 Å². The number of benzene rings is 1. The lowest BCUT2D eigenvalue weighted by atomic mass is 9.69. The second-order valence-corrected chi connectivity index (χ2v) is 10.1. The fourth-order valence-corrected chi connectivity index (χ4v) is 5.41. The van der Waals surface area contributed by atoms with Crippen molar-refractivity contribution in [2.24, 2.45) is 11.3 Å². The van der Waals surface area contributed by atoms with E-state index >= 15 is 0 Å². The average Bonchev–Trinajstić information content (AvgIpc) is 2.72. The summed E-state index contributed by atoms with van der Waals surface area (Å²) in [5, 5.41) is 3.85. The Labute approximate surface area is 182 Å². The van der Waals surface area contributed by atoms with Crippen LogP contribution in [-0.2, 0) is 0 Å². The summed E-state index contributed by atoms with van der Waals surface area (Å²) in [5.41, 5.74) is 3.10. The van der Waals surface area contributed by atoms with Crippen molar-refractivity contribution < 1.29 is 0 Å². The molecule has 0 bridgehead atoms. The zero-order valence-corrected chi connectivity index (χ0v) is 19.9. The summed E-state index contributed by atoms with van der Waals surface area (Å²) in [4.78, 5) is 0. The number of anilines is 1. The molecule has 2 unspecified atom stereocenters. The van der Waals surface area contributed by atoms with Gasteiger partial charge in [-0.15, -0.1) is 0 Å². The Kier molecular flexibility index (Phi) is 11.8. The minimum atomic E-state index is 0.408. The van der Waals surface area contributed by atoms with Crippen molar-refractivity contribution >= 4 is 5.69 Å². The van der Waals surface area contributed by atoms with Crippen LogP contribution in [0.15, 0.2) is 24.3 Å². The zero-order chi connectivity index (χ0) is 20.8. The van der Waals surface area contributed by atoms with Crippen molar-refractivity contribution in [3.63, 3.8) is 0 Å². The number of rotatable bonds is 4. The van der Waals surface area contributed by atoms with Crippen LogP contribution < -0.4 is 5.32 Å². The van der Waals surface area contributed by atoms with Crippen LogP contribution in [0.3, 0.4) is 0 Å². The summed E-state index contributed by atoms with van der Waals surface area (Å²) >= 11 is 0. The Morgan fingerprint density at radius 3 is 1.86 bits per heavy atom. The third-order valence-corrected chi connectivity index (χ3v) is 7.61. The van der Waals surface area contributed by atoms with Crippen LogP contribution in [0.1, 0.15) is 122 Å². The van der Waals surface area contributed by atoms with Crippen LogP contribution in [0.2, 0.25) is 0 Å². The monoisotopic (exact) mass is 399 g/mol. The molecule has 29 heavy (non-hydrogen) atoms. The smallest absolute Gasteiger partial charge is 0.0370 e. The van der Waals surface area contributed by atoms with Crippen LogP contribution in [0.5, 0.6) is 0 Å². The number of nitrogens with one attached hydrogen (secondary N) is 1. The van der Waals surface area contributed by atoms with E-state index in [9.17, 15) is 0 Å². The highest BCUT2D eigenvalue weighted by atomic mass is 14.9. The van der Waals surface area contributed by atoms with Crippen molar-refractivity contribution in [2.45, 2.75) is 124 Å². The molecule has 1 N–H and O–H groups in total. The molecule has 1 aliphatic carbocycles. The van der Waals surface area contributed by atoms with E-state index in [0.717, 1.165) is 12.5 Å². The van der Waals surface area contributed by atoms with Crippen molar-refractivity contribution in [1.29, 1.82) is 0 Å². The van der Waals surface area contributed by atoms with Gasteiger partial charge in [-0.2, -0.15) is 0 Å². The second kappa shape index (κ2) is 14.1. The number of hydrogen-bond donors (Lipinski definition) is 1. The largest absolute Gasteiger partial charge is 0.384 e. The highest BCUT2D eigenvalue weighted by molar-refractivity contribution is 5.50. The molecular weight excluding hydrogens is 350 g/mol. The van der Waals surface area contributed by atoms with Gasteiger partial charge in [0.2, 0.25) is 0 Å². The van der Waals surface area contributed by atoms with Gasteiger partial charge in [0.1, 0.15) is 0 Å². The standard InChI is InChI=1S/C28H49N/c1-4-26-21-16-14-12-10-8-6-5-7-9-11-13-15-19-23-28(26,3)24-29-27-22-18-17-20-25(27)2/h17-18,20,22,26,29H,4-16,19,21,23-24H2,1-3H3. The lowest BCUT2D eigenvalue weighted by molar-refractivity contribution is 0.158. The summed E-state index contributed by atoms with van der Waals surface area (Å²) in [7, 11) is 0. The molecule has 166 valence electrons. The maximum atomic E-state index is 3.85. The summed E-state index contributed by atoms with van der Waals surface area (Å²) in [6.45, 7) is 8.36. The van der Waals surface area contributed by atoms with Crippen molar-refractivity contribution in [3.8, 4) is 0 Å². The zero-order valence-electron chi connectivity index (χ0n) is 19.9. The summed E-state index contributed by atoms with van der Waals surface area (Å²) < 4.78 is 0. The maximum Gasteiger partial charge on any atom is 0.0370 e. The molecule has 0 heterocycles. The Morgan fingerprint density at radius 2 is 1.31 bits per heavy atom. The summed E-state index contributed by atoms with van der Waals surface area (Å²) in [6, 6.07) is 8.78. The SMILES string of the molecule is CCC1CCCCCCCCCCCCCCCC1(C)CNc1ccccc1C. The fourth-order valence-electron chi connectivity index (χ4n) is 5.41. The first-order valence-electron chi connectivity index (χ1n) is 13.0. The van der Waals surface area contributed by atoms with Crippen molar-refractivity contribution in [2.75, 3.05) is 11.9 Å². The van der Waals surface area contributed by atoms with Gasteiger partial charge in [-0.3, -0.25) is 0 Å². The first-order chi connectivity index (χ1) is 14.2. The number of para-hydroxylation sites is 1. The second-order valence-electron chi connectivity index (χ2n) is 10.1. The molecule has 2 atom stereocenters. The van der Waals surface area contributed by atoms with E-state index in [2.05, 4.69) is 50.4 Å². The van der Waals surface area contributed by atoms with Gasteiger partial charge in [0.05, 0.1) is 0 Å². The molecule has 1 aliphatic rings. The Morgan fingerprint density at radius 1 is 0.793 bits per heavy atom. The van der Waals surface area contributed by atoms with E-state index < -0.39 is 0 Å². The summed E-state index contributed by atoms with van der Waals surface area (Å²) in [5.74, 6) is 0.842. The van der Waals surface area contributed by atoms with Crippen LogP contribution in [0, 0.1) is 18.3 Å². The molecule has 1 saturated carbocycles. The molecule has 0 spiro atoms. The van der Waals surface area contributed by atoms with E-state index in [1.165, 1.54) is 114 Å². The number of hydrogen-bond acceptors (Lipinski definition) is 1. The maximum absolute atomic E-state index is 3.85. The van der Waals surface area contributed by atoms with Gasteiger partial charge in [0.25, 0.3) is 0 Å². The third kappa shape index (κ3) is 9.14. The third-order valence-electron chi connectivity index (χ3n) is 7.61. The predicted molar refractivity (Wildman–Crippen MR) is 131 cm³/mol. The molecule has 0 saturated heterocycles. The molecule has 0 amide bonds. The lowest BCUT2D eigenvalue weighted by Gasteiger charge is -2.39. The molecule has 0 aromatic heterocycles. The Bertz CT molecular complexity index is 537. The minimum Gasteiger partial charge on any atom is -0.384 e. The fraction of sp³-hybridized carbons (Fsp3) is 0.786. The lowest BCUT2D eigenvalue weighted by Crippen LogP contribution is -2.35. The van der Waals surface area contributed by atoms with E-state index in [1.807, 2.05) is 0 Å². The van der Waals surface area contributed by atoms with E-state index in [-0.39, 0.29) is 0 Å². The van der Waals surface area contributed by atoms with Crippen LogP contribution in [0.25, 0.3) is 0 Å². The summed E-state index contributed by atoms with van der Waals surface area (Å²) in [6.07, 6.45) is 23.0. The number of aryl methyl sites for hydroxylation is 1. The van der Waals surface area contributed by atoms with E-state index in [4.69, 9.17) is 0 Å². The molecule has 1 nitrogen and oxygen atoms in total. The van der Waals surface area contributed by atoms with Crippen LogP contribution in [-0.4, -0.2) is 6.54 Å². The Balaban J connectivity index is 1.98. The van der Waals surface area contributed by atoms with Crippen LogP contribution in [0.4, 0.5) is 5.69 Å². The molecular formula is C28H49N. The van der Waals surface area contributed by atoms with Gasteiger partial charge in [-0.1, -0.05) is 122 Å². The first kappa shape index (κ1) is 24.3. The highest BCUT2D eigenvalue weighted by Gasteiger charge is 2.32. The Hall–Kier alpha value is -0.980. The van der Waals surface area contributed by atoms with Gasteiger partial charge in [-0.05, 0) is 42.7 Å². The highest BCUT2D eigenvalue weighted by Crippen LogP contribution is 2.39. The molecule has 0 radical (unpaired) electrons. The average molecular weight is 400 g/mol. The quantitative estimate of drug-likeness (QED) is 0.531. The van der Waals surface area contributed by atoms with E-state index in [1.54, 1.807) is 0 Å². The molecule has 1 fully saturated rings. The predicted octanol–water partition coefficient (Wildman–Crippen LogP) is 9.30. The molecule has 1 heteroatoms. The van der Waals surface area contributed by atoms with Gasteiger partial charge >= 0.3 is 0 Å². The molecule has 1 aromatic carbocycles. The van der Waals surface area contributed by atoms with Gasteiger partial charge < -0.3 is 5.32 Å².